The minimum Gasteiger partial charge on any atom is -0.324 e. The van der Waals surface area contributed by atoms with Crippen molar-refractivity contribution in [2.45, 2.75) is 26.9 Å². The van der Waals surface area contributed by atoms with Gasteiger partial charge in [-0.3, -0.25) is 0 Å². The van der Waals surface area contributed by atoms with E-state index in [2.05, 4.69) is 118 Å². The number of nitrogens with zero attached hydrogens (tertiary/aromatic N) is 4. The van der Waals surface area contributed by atoms with E-state index >= 15 is 0 Å². The third kappa shape index (κ3) is 3.67. The van der Waals surface area contributed by atoms with Gasteiger partial charge in [0.15, 0.2) is 0 Å². The molecule has 166 valence electrons. The number of hydrogen-bond acceptors (Lipinski definition) is 2. The van der Waals surface area contributed by atoms with Gasteiger partial charge < -0.3 is 9.13 Å². The Kier molecular flexibility index (Phi) is 4.99. The van der Waals surface area contributed by atoms with Crippen LogP contribution in [-0.4, -0.2) is 19.1 Å². The number of benzene rings is 4. The fourth-order valence-corrected chi connectivity index (χ4v) is 4.76. The van der Waals surface area contributed by atoms with Gasteiger partial charge >= 0.3 is 0 Å². The molecule has 6 aromatic rings. The summed E-state index contributed by atoms with van der Waals surface area (Å²) in [5.41, 5.74) is 9.47. The van der Waals surface area contributed by atoms with Gasteiger partial charge in [0.2, 0.25) is 0 Å². The number of aryl methyl sites for hydroxylation is 2. The average Bonchev–Trinajstić information content (AvgIpc) is 3.36. The molecule has 0 saturated heterocycles. The van der Waals surface area contributed by atoms with Gasteiger partial charge in [0.1, 0.15) is 11.6 Å². The molecule has 2 aromatic heterocycles. The summed E-state index contributed by atoms with van der Waals surface area (Å²) < 4.78 is 4.56. The lowest BCUT2D eigenvalue weighted by Gasteiger charge is -2.10. The van der Waals surface area contributed by atoms with Crippen LogP contribution in [-0.2, 0) is 13.1 Å². The van der Waals surface area contributed by atoms with Crippen molar-refractivity contribution in [2.75, 3.05) is 0 Å². The van der Waals surface area contributed by atoms with E-state index in [1.165, 1.54) is 33.3 Å². The van der Waals surface area contributed by atoms with Crippen LogP contribution >= 0.6 is 0 Å². The zero-order valence-corrected chi connectivity index (χ0v) is 19.4. The summed E-state index contributed by atoms with van der Waals surface area (Å²) in [5.74, 6) is 2.09. The lowest BCUT2D eigenvalue weighted by molar-refractivity contribution is 0.786. The fourth-order valence-electron chi connectivity index (χ4n) is 4.76. The van der Waals surface area contributed by atoms with Crippen LogP contribution in [0.1, 0.15) is 22.8 Å². The molecule has 0 saturated carbocycles. The van der Waals surface area contributed by atoms with E-state index in [-0.39, 0.29) is 0 Å². The van der Waals surface area contributed by atoms with E-state index in [4.69, 9.17) is 0 Å². The molecule has 34 heavy (non-hydrogen) atoms. The molecule has 0 bridgehead atoms. The minimum atomic E-state index is 0.823. The fraction of sp³-hybridized carbons (Fsp3) is 0.133. The Morgan fingerprint density at radius 2 is 0.882 bits per heavy atom. The second kappa shape index (κ2) is 8.31. The van der Waals surface area contributed by atoms with Crippen molar-refractivity contribution in [1.29, 1.82) is 0 Å². The zero-order valence-electron chi connectivity index (χ0n) is 19.4. The Morgan fingerprint density at radius 3 is 1.29 bits per heavy atom. The van der Waals surface area contributed by atoms with Gasteiger partial charge in [0.25, 0.3) is 0 Å². The number of fused-ring (bicyclic) bond motifs is 2. The monoisotopic (exact) mass is 442 g/mol. The number of aromatic nitrogens is 4. The van der Waals surface area contributed by atoms with Gasteiger partial charge in [0, 0.05) is 13.1 Å². The van der Waals surface area contributed by atoms with E-state index in [9.17, 15) is 0 Å². The smallest absolute Gasteiger partial charge is 0.107 e. The Labute approximate surface area is 199 Å². The summed E-state index contributed by atoms with van der Waals surface area (Å²) in [7, 11) is 0. The van der Waals surface area contributed by atoms with Crippen molar-refractivity contribution in [1.82, 2.24) is 19.1 Å². The highest BCUT2D eigenvalue weighted by Crippen LogP contribution is 2.24. The van der Waals surface area contributed by atoms with Crippen molar-refractivity contribution in [3.63, 3.8) is 0 Å². The highest BCUT2D eigenvalue weighted by atomic mass is 15.1. The van der Waals surface area contributed by atoms with Gasteiger partial charge in [-0.1, -0.05) is 72.8 Å². The predicted octanol–water partition coefficient (Wildman–Crippen LogP) is 6.77. The van der Waals surface area contributed by atoms with Gasteiger partial charge in [-0.15, -0.1) is 0 Å². The molecule has 0 N–H and O–H groups in total. The Hall–Kier alpha value is -4.18. The highest BCUT2D eigenvalue weighted by Gasteiger charge is 2.09. The van der Waals surface area contributed by atoms with Crippen LogP contribution < -0.4 is 0 Å². The highest BCUT2D eigenvalue weighted by molar-refractivity contribution is 5.76. The SMILES string of the molecule is Cc1nc2ccccc2n1Cc1ccc(-c2ccc(Cn3c(C)nc4ccccc43)cc2)cc1. The maximum absolute atomic E-state index is 4.69. The van der Waals surface area contributed by atoms with Crippen LogP contribution in [0.5, 0.6) is 0 Å². The molecule has 0 aliphatic rings. The summed E-state index contributed by atoms with van der Waals surface area (Å²) >= 11 is 0. The first-order valence-electron chi connectivity index (χ1n) is 11.7. The number of rotatable bonds is 5. The van der Waals surface area contributed by atoms with Crippen LogP contribution in [0.2, 0.25) is 0 Å². The molecule has 0 aliphatic heterocycles. The molecule has 4 heteroatoms. The minimum absolute atomic E-state index is 0.823. The molecule has 0 aliphatic carbocycles. The molecule has 6 rings (SSSR count). The van der Waals surface area contributed by atoms with Crippen molar-refractivity contribution in [3.05, 3.63) is 120 Å². The van der Waals surface area contributed by atoms with Gasteiger partial charge in [-0.25, -0.2) is 9.97 Å². The summed E-state index contributed by atoms with van der Waals surface area (Å²) in [5, 5.41) is 0. The number of para-hydroxylation sites is 4. The second-order valence-corrected chi connectivity index (χ2v) is 8.86. The first kappa shape index (κ1) is 20.4. The van der Waals surface area contributed by atoms with Crippen molar-refractivity contribution >= 4 is 22.1 Å². The van der Waals surface area contributed by atoms with E-state index in [0.29, 0.717) is 0 Å². The normalized spacial score (nSPS) is 11.5. The van der Waals surface area contributed by atoms with Gasteiger partial charge in [0.05, 0.1) is 22.1 Å². The molecule has 4 aromatic carbocycles. The van der Waals surface area contributed by atoms with Crippen molar-refractivity contribution in [2.24, 2.45) is 0 Å². The second-order valence-electron chi connectivity index (χ2n) is 8.86. The quantitative estimate of drug-likeness (QED) is 0.295. The van der Waals surface area contributed by atoms with E-state index < -0.39 is 0 Å². The predicted molar refractivity (Wildman–Crippen MR) is 139 cm³/mol. The first-order valence-corrected chi connectivity index (χ1v) is 11.7. The molecule has 4 nitrogen and oxygen atoms in total. The maximum Gasteiger partial charge on any atom is 0.107 e. The van der Waals surface area contributed by atoms with Crippen LogP contribution in [0.15, 0.2) is 97.1 Å². The molecular formula is C30H26N4. The van der Waals surface area contributed by atoms with Crippen LogP contribution in [0.4, 0.5) is 0 Å². The lowest BCUT2D eigenvalue weighted by Crippen LogP contribution is -2.02. The largest absolute Gasteiger partial charge is 0.324 e. The zero-order chi connectivity index (χ0) is 23.1. The number of imidazole rings is 2. The van der Waals surface area contributed by atoms with Crippen molar-refractivity contribution in [3.8, 4) is 11.1 Å². The van der Waals surface area contributed by atoms with Gasteiger partial charge in [-0.05, 0) is 60.4 Å². The molecule has 0 unspecified atom stereocenters. The summed E-state index contributed by atoms with van der Waals surface area (Å²) in [6, 6.07) is 34.4. The Balaban J connectivity index is 1.21. The average molecular weight is 443 g/mol. The summed E-state index contributed by atoms with van der Waals surface area (Å²) in [4.78, 5) is 9.38. The van der Waals surface area contributed by atoms with E-state index in [0.717, 1.165) is 35.8 Å². The van der Waals surface area contributed by atoms with Gasteiger partial charge in [-0.2, -0.15) is 0 Å². The Bertz CT molecular complexity index is 1480. The topological polar surface area (TPSA) is 35.6 Å². The number of hydrogen-bond donors (Lipinski definition) is 0. The van der Waals surface area contributed by atoms with Crippen LogP contribution in [0.3, 0.4) is 0 Å². The molecule has 0 radical (unpaired) electrons. The maximum atomic E-state index is 4.69. The molecular weight excluding hydrogens is 416 g/mol. The standard InChI is InChI=1S/C30H26N4/c1-21-31-27-7-3-5-9-29(27)33(21)19-23-11-15-25(16-12-23)26-17-13-24(14-18-26)20-34-22(2)32-28-8-4-6-10-30(28)34/h3-18H,19-20H2,1-2H3. The van der Waals surface area contributed by atoms with Crippen molar-refractivity contribution < 1.29 is 0 Å². The molecule has 0 amide bonds. The third-order valence-electron chi connectivity index (χ3n) is 6.61. The Morgan fingerprint density at radius 1 is 0.500 bits per heavy atom. The van der Waals surface area contributed by atoms with Crippen LogP contribution in [0.25, 0.3) is 33.2 Å². The lowest BCUT2D eigenvalue weighted by atomic mass is 10.0. The molecule has 0 atom stereocenters. The van der Waals surface area contributed by atoms with E-state index in [1.54, 1.807) is 0 Å². The van der Waals surface area contributed by atoms with Crippen LogP contribution in [0, 0.1) is 13.8 Å². The third-order valence-corrected chi connectivity index (χ3v) is 6.61. The van der Waals surface area contributed by atoms with E-state index in [1.807, 2.05) is 12.1 Å². The summed E-state index contributed by atoms with van der Waals surface area (Å²) in [6.07, 6.45) is 0. The first-order chi connectivity index (χ1) is 16.7. The summed E-state index contributed by atoms with van der Waals surface area (Å²) in [6.45, 7) is 5.79. The molecule has 0 fully saturated rings. The molecule has 2 heterocycles. The molecule has 0 spiro atoms.